The molecule has 0 aromatic heterocycles. The molecule has 0 saturated heterocycles. The van der Waals surface area contributed by atoms with E-state index in [0.717, 1.165) is 39.9 Å². The number of nitrogens with zero attached hydrogens (tertiary/aromatic N) is 1. The van der Waals surface area contributed by atoms with E-state index in [9.17, 15) is 10.0 Å². The molecule has 0 unspecified atom stereocenters. The lowest BCUT2D eigenvalue weighted by molar-refractivity contribution is -0.178. The normalized spacial score (nSPS) is 15.6. The van der Waals surface area contributed by atoms with Gasteiger partial charge >= 0.3 is 0 Å². The summed E-state index contributed by atoms with van der Waals surface area (Å²) in [6.45, 7) is 0.168. The van der Waals surface area contributed by atoms with Crippen molar-refractivity contribution in [2.75, 3.05) is 0 Å². The van der Waals surface area contributed by atoms with Gasteiger partial charge in [0.15, 0.2) is 0 Å². The van der Waals surface area contributed by atoms with Crippen LogP contribution in [0.15, 0.2) is 59.1 Å². The van der Waals surface area contributed by atoms with E-state index in [0.29, 0.717) is 12.8 Å². The lowest BCUT2D eigenvalue weighted by Crippen LogP contribution is -2.42. The largest absolute Gasteiger partial charge is 0.286 e. The predicted molar refractivity (Wildman–Crippen MR) is 105 cm³/mol. The van der Waals surface area contributed by atoms with Crippen molar-refractivity contribution in [2.45, 2.75) is 38.6 Å². The van der Waals surface area contributed by atoms with Crippen LogP contribution in [-0.2, 0) is 11.3 Å². The molecule has 2 aromatic rings. The Morgan fingerprint density at radius 2 is 1.69 bits per heavy atom. The molecule has 0 spiro atoms. The first-order valence-electron chi connectivity index (χ1n) is 8.93. The molecule has 134 valence electrons. The Hall–Kier alpha value is -2.09. The Morgan fingerprint density at radius 3 is 2.35 bits per heavy atom. The van der Waals surface area contributed by atoms with Crippen molar-refractivity contribution in [2.24, 2.45) is 5.41 Å². The Labute approximate surface area is 163 Å². The molecule has 3 nitrogen and oxygen atoms in total. The van der Waals surface area contributed by atoms with Crippen LogP contribution in [0.1, 0.15) is 43.2 Å². The number of halogens is 1. The van der Waals surface area contributed by atoms with Crippen LogP contribution in [0.4, 0.5) is 0 Å². The molecule has 26 heavy (non-hydrogen) atoms. The topological polar surface area (TPSA) is 40.5 Å². The van der Waals surface area contributed by atoms with E-state index in [1.807, 2.05) is 54.6 Å². The molecule has 1 N–H and O–H groups in total. The minimum atomic E-state index is -0.793. The maximum absolute atomic E-state index is 13.1. The SMILES string of the molecule is O=C(N(O)Cc1ccc(Br)cc1)C1(C#Cc2ccccc2)CCCCC1. The fraction of sp³-hybridized carbons (Fsp3) is 0.318. The number of benzene rings is 2. The van der Waals surface area contributed by atoms with Crippen molar-refractivity contribution >= 4 is 21.8 Å². The van der Waals surface area contributed by atoms with Crippen LogP contribution in [0.3, 0.4) is 0 Å². The molecule has 4 heteroatoms. The molecule has 1 amide bonds. The summed E-state index contributed by atoms with van der Waals surface area (Å²) in [7, 11) is 0. The molecular formula is C22H22BrNO2. The Bertz CT molecular complexity index is 800. The molecule has 1 fully saturated rings. The zero-order chi connectivity index (χ0) is 18.4. The molecule has 0 aliphatic heterocycles. The smallest absolute Gasteiger partial charge is 0.264 e. The van der Waals surface area contributed by atoms with E-state index < -0.39 is 5.41 Å². The predicted octanol–water partition coefficient (Wildman–Crippen LogP) is 5.17. The fourth-order valence-corrected chi connectivity index (χ4v) is 3.61. The molecule has 1 saturated carbocycles. The lowest BCUT2D eigenvalue weighted by atomic mass is 9.73. The third-order valence-corrected chi connectivity index (χ3v) is 5.35. The van der Waals surface area contributed by atoms with Crippen molar-refractivity contribution < 1.29 is 10.0 Å². The summed E-state index contributed by atoms with van der Waals surface area (Å²) in [5.41, 5.74) is 0.978. The average Bonchev–Trinajstić information content (AvgIpc) is 2.69. The van der Waals surface area contributed by atoms with Gasteiger partial charge < -0.3 is 0 Å². The Kier molecular flexibility index (Phi) is 6.13. The van der Waals surface area contributed by atoms with Gasteiger partial charge in [-0.2, -0.15) is 0 Å². The second-order valence-electron chi connectivity index (χ2n) is 6.75. The standard InChI is InChI=1S/C22H22BrNO2/c23-20-11-9-19(10-12-20)17-24(26)21(25)22(14-5-2-6-15-22)16-13-18-7-3-1-4-8-18/h1,3-4,7-12,26H,2,5-6,14-15,17H2. The van der Waals surface area contributed by atoms with Gasteiger partial charge in [0.2, 0.25) is 0 Å². The van der Waals surface area contributed by atoms with Crippen molar-refractivity contribution in [1.82, 2.24) is 5.06 Å². The summed E-state index contributed by atoms with van der Waals surface area (Å²) >= 11 is 3.39. The third-order valence-electron chi connectivity index (χ3n) is 4.82. The summed E-state index contributed by atoms with van der Waals surface area (Å²) in [5, 5.41) is 11.3. The van der Waals surface area contributed by atoms with Crippen LogP contribution in [0.2, 0.25) is 0 Å². The number of carbonyl (C=O) groups is 1. The lowest BCUT2D eigenvalue weighted by Gasteiger charge is -2.33. The van der Waals surface area contributed by atoms with Crippen molar-refractivity contribution in [1.29, 1.82) is 0 Å². The molecule has 0 bridgehead atoms. The van der Waals surface area contributed by atoms with Gasteiger partial charge in [0.25, 0.3) is 5.91 Å². The van der Waals surface area contributed by atoms with E-state index >= 15 is 0 Å². The first-order chi connectivity index (χ1) is 12.6. The summed E-state index contributed by atoms with van der Waals surface area (Å²) in [6.07, 6.45) is 4.43. The van der Waals surface area contributed by atoms with E-state index in [1.165, 1.54) is 0 Å². The van der Waals surface area contributed by atoms with Crippen LogP contribution < -0.4 is 0 Å². The van der Waals surface area contributed by atoms with Gasteiger partial charge in [0.1, 0.15) is 5.41 Å². The van der Waals surface area contributed by atoms with Crippen molar-refractivity contribution in [3.8, 4) is 11.8 Å². The van der Waals surface area contributed by atoms with Crippen molar-refractivity contribution in [3.05, 3.63) is 70.2 Å². The average molecular weight is 412 g/mol. The van der Waals surface area contributed by atoms with Gasteiger partial charge in [-0.05, 0) is 42.7 Å². The quantitative estimate of drug-likeness (QED) is 0.429. The zero-order valence-electron chi connectivity index (χ0n) is 14.6. The second-order valence-corrected chi connectivity index (χ2v) is 7.66. The maximum atomic E-state index is 13.1. The van der Waals surface area contributed by atoms with Gasteiger partial charge in [0, 0.05) is 10.0 Å². The van der Waals surface area contributed by atoms with Crippen LogP contribution in [0, 0.1) is 17.3 Å². The molecule has 0 atom stereocenters. The number of hydrogen-bond donors (Lipinski definition) is 1. The first-order valence-corrected chi connectivity index (χ1v) is 9.72. The van der Waals surface area contributed by atoms with Crippen LogP contribution in [0.25, 0.3) is 0 Å². The Morgan fingerprint density at radius 1 is 1.04 bits per heavy atom. The van der Waals surface area contributed by atoms with E-state index in [1.54, 1.807) is 0 Å². The second kappa shape index (κ2) is 8.53. The van der Waals surface area contributed by atoms with Gasteiger partial charge in [0.05, 0.1) is 6.54 Å². The van der Waals surface area contributed by atoms with Gasteiger partial charge in [-0.3, -0.25) is 10.0 Å². The van der Waals surface area contributed by atoms with Crippen molar-refractivity contribution in [3.63, 3.8) is 0 Å². The minimum Gasteiger partial charge on any atom is -0.286 e. The summed E-state index contributed by atoms with van der Waals surface area (Å²) in [5.74, 6) is 6.08. The highest BCUT2D eigenvalue weighted by Crippen LogP contribution is 2.37. The summed E-state index contributed by atoms with van der Waals surface area (Å²) in [6, 6.07) is 17.3. The minimum absolute atomic E-state index is 0.168. The van der Waals surface area contributed by atoms with Crippen LogP contribution in [-0.4, -0.2) is 16.2 Å². The zero-order valence-corrected chi connectivity index (χ0v) is 16.2. The molecule has 1 aliphatic rings. The molecular weight excluding hydrogens is 390 g/mol. The number of hydrogen-bond acceptors (Lipinski definition) is 2. The van der Waals surface area contributed by atoms with Gasteiger partial charge in [-0.25, -0.2) is 5.06 Å². The maximum Gasteiger partial charge on any atom is 0.264 e. The Balaban J connectivity index is 1.81. The molecule has 2 aromatic carbocycles. The summed E-state index contributed by atoms with van der Waals surface area (Å²) < 4.78 is 0.967. The van der Waals surface area contributed by atoms with Crippen LogP contribution >= 0.6 is 15.9 Å². The van der Waals surface area contributed by atoms with Gasteiger partial charge in [-0.15, -0.1) is 0 Å². The monoisotopic (exact) mass is 411 g/mol. The molecule has 0 radical (unpaired) electrons. The van der Waals surface area contributed by atoms with Gasteiger partial charge in [-0.1, -0.05) is 77.4 Å². The highest BCUT2D eigenvalue weighted by molar-refractivity contribution is 9.10. The number of hydroxylamine groups is 2. The highest BCUT2D eigenvalue weighted by atomic mass is 79.9. The first kappa shape index (κ1) is 18.7. The summed E-state index contributed by atoms with van der Waals surface area (Å²) in [4.78, 5) is 13.1. The van der Waals surface area contributed by atoms with E-state index in [2.05, 4.69) is 27.8 Å². The van der Waals surface area contributed by atoms with E-state index in [4.69, 9.17) is 0 Å². The third kappa shape index (κ3) is 4.55. The van der Waals surface area contributed by atoms with E-state index in [-0.39, 0.29) is 12.5 Å². The number of rotatable bonds is 3. The molecule has 3 rings (SSSR count). The van der Waals surface area contributed by atoms with Crippen LogP contribution in [0.5, 0.6) is 0 Å². The highest BCUT2D eigenvalue weighted by Gasteiger charge is 2.40. The fourth-order valence-electron chi connectivity index (χ4n) is 3.34. The number of carbonyl (C=O) groups excluding carboxylic acids is 1. The molecule has 0 heterocycles. The number of amides is 1. The molecule has 1 aliphatic carbocycles.